The molecule has 22 heteroatoms. The van der Waals surface area contributed by atoms with Crippen molar-refractivity contribution in [2.24, 2.45) is 5.92 Å². The van der Waals surface area contributed by atoms with E-state index in [2.05, 4.69) is 5.32 Å². The van der Waals surface area contributed by atoms with Crippen molar-refractivity contribution in [2.75, 3.05) is 26.4 Å². The van der Waals surface area contributed by atoms with Crippen LogP contribution in [-0.2, 0) is 44.6 Å². The molecule has 1 aromatic carbocycles. The largest absolute Gasteiger partial charge is 0.481 e. The summed E-state index contributed by atoms with van der Waals surface area (Å²) in [6.45, 7) is -1.79. The highest BCUT2D eigenvalue weighted by atomic mass is 16.7. The molecule has 3 fully saturated rings. The van der Waals surface area contributed by atoms with Crippen LogP contribution >= 0.6 is 0 Å². The van der Waals surface area contributed by atoms with E-state index in [1.54, 1.807) is 35.6 Å². The number of carboxylic acid groups (broad SMARTS) is 2. The summed E-state index contributed by atoms with van der Waals surface area (Å²) in [6, 6.07) is 5.76. The van der Waals surface area contributed by atoms with Crippen LogP contribution in [0.4, 0.5) is 4.79 Å². The van der Waals surface area contributed by atoms with Gasteiger partial charge in [-0.05, 0) is 12.5 Å². The molecule has 3 aliphatic rings. The number of benzene rings is 1. The first kappa shape index (κ1) is 43.7. The van der Waals surface area contributed by atoms with E-state index in [-0.39, 0.29) is 18.9 Å². The predicted molar refractivity (Wildman–Crippen MR) is 173 cm³/mol. The SMILES string of the molecule is CC(=O)CN[C@H]1C(OCc2ccccc2)O[C@H](CO)[C@@H](O[C@@H]2O[C@H](CO)[C@H](O)[C@H](OC3O[C@@H]([C@@H](O)[C@@H](O)CO)C(NC(=O)O)[C@@H](O)[C@H]3C(=O)O)[C@H]2O)[C@@H]1O. The summed E-state index contributed by atoms with van der Waals surface area (Å²) in [7, 11) is 0. The molecular formula is C32H48N2O20. The molecule has 3 aliphatic heterocycles. The first-order valence-electron chi connectivity index (χ1n) is 16.9. The zero-order valence-electron chi connectivity index (χ0n) is 28.8. The van der Waals surface area contributed by atoms with Crippen molar-refractivity contribution >= 4 is 17.8 Å². The molecule has 306 valence electrons. The number of hydrogen-bond acceptors (Lipinski definition) is 19. The van der Waals surface area contributed by atoms with Gasteiger partial charge in [-0.1, -0.05) is 30.3 Å². The Morgan fingerprint density at radius 1 is 0.778 bits per heavy atom. The molecule has 0 spiro atoms. The Labute approximate surface area is 307 Å². The third kappa shape index (κ3) is 10.2. The van der Waals surface area contributed by atoms with Crippen LogP contribution in [0.15, 0.2) is 30.3 Å². The van der Waals surface area contributed by atoms with Crippen LogP contribution in [0.1, 0.15) is 12.5 Å². The Hall–Kier alpha value is -3.01. The van der Waals surface area contributed by atoms with Crippen LogP contribution in [0.25, 0.3) is 0 Å². The molecule has 13 N–H and O–H groups in total. The van der Waals surface area contributed by atoms with Crippen LogP contribution in [0.2, 0.25) is 0 Å². The third-order valence-corrected chi connectivity index (χ3v) is 9.27. The first-order chi connectivity index (χ1) is 25.6. The van der Waals surface area contributed by atoms with Crippen molar-refractivity contribution in [3.8, 4) is 0 Å². The molecule has 0 aliphatic carbocycles. The van der Waals surface area contributed by atoms with E-state index in [0.717, 1.165) is 5.56 Å². The summed E-state index contributed by atoms with van der Waals surface area (Å²) in [5.74, 6) is -4.33. The van der Waals surface area contributed by atoms with Gasteiger partial charge in [0.15, 0.2) is 18.9 Å². The van der Waals surface area contributed by atoms with Crippen LogP contribution in [0.5, 0.6) is 0 Å². The van der Waals surface area contributed by atoms with Gasteiger partial charge >= 0.3 is 12.1 Å². The third-order valence-electron chi connectivity index (χ3n) is 9.27. The van der Waals surface area contributed by atoms with E-state index < -0.39 is 136 Å². The summed E-state index contributed by atoms with van der Waals surface area (Å²) in [5, 5.41) is 119. The van der Waals surface area contributed by atoms with Gasteiger partial charge in [0.25, 0.3) is 0 Å². The number of carbonyl (C=O) groups is 3. The highest BCUT2D eigenvalue weighted by Crippen LogP contribution is 2.35. The van der Waals surface area contributed by atoms with Crippen molar-refractivity contribution in [2.45, 2.75) is 112 Å². The minimum absolute atomic E-state index is 0.00107. The summed E-state index contributed by atoms with van der Waals surface area (Å²) >= 11 is 0. The lowest BCUT2D eigenvalue weighted by molar-refractivity contribution is -0.371. The molecule has 1 amide bonds. The highest BCUT2D eigenvalue weighted by molar-refractivity contribution is 5.77. The molecule has 3 heterocycles. The smallest absolute Gasteiger partial charge is 0.405 e. The molecule has 3 unspecified atom stereocenters. The molecule has 0 aromatic heterocycles. The Bertz CT molecular complexity index is 1360. The average molecular weight is 781 g/mol. The maximum Gasteiger partial charge on any atom is 0.405 e. The predicted octanol–water partition coefficient (Wildman–Crippen LogP) is -5.83. The fraction of sp³-hybridized carbons (Fsp3) is 0.719. The number of carboxylic acids is 1. The monoisotopic (exact) mass is 780 g/mol. The van der Waals surface area contributed by atoms with Gasteiger partial charge < -0.3 is 95.2 Å². The number of nitrogens with one attached hydrogen (secondary N) is 2. The molecule has 0 radical (unpaired) electrons. The maximum absolute atomic E-state index is 12.3. The lowest BCUT2D eigenvalue weighted by Crippen LogP contribution is -2.69. The highest BCUT2D eigenvalue weighted by Gasteiger charge is 2.57. The number of aliphatic carboxylic acids is 1. The molecule has 1 aromatic rings. The second-order valence-corrected chi connectivity index (χ2v) is 13.1. The maximum atomic E-state index is 12.3. The van der Waals surface area contributed by atoms with Gasteiger partial charge in [0, 0.05) is 0 Å². The average Bonchev–Trinajstić information content (AvgIpc) is 3.14. The quantitative estimate of drug-likeness (QED) is 0.0700. The van der Waals surface area contributed by atoms with Crippen LogP contribution in [0, 0.1) is 5.92 Å². The summed E-state index contributed by atoms with van der Waals surface area (Å²) < 4.78 is 34.5. The van der Waals surface area contributed by atoms with E-state index in [1.165, 1.54) is 6.92 Å². The van der Waals surface area contributed by atoms with Gasteiger partial charge in [-0.3, -0.25) is 9.59 Å². The second kappa shape index (κ2) is 19.7. The number of hydrogen-bond donors (Lipinski definition) is 13. The Balaban J connectivity index is 1.60. The minimum atomic E-state index is -2.24. The van der Waals surface area contributed by atoms with Crippen molar-refractivity contribution in [3.05, 3.63) is 35.9 Å². The molecule has 17 atom stereocenters. The van der Waals surface area contributed by atoms with E-state index in [0.29, 0.717) is 0 Å². The molecule has 54 heavy (non-hydrogen) atoms. The van der Waals surface area contributed by atoms with Gasteiger partial charge in [0.2, 0.25) is 0 Å². The van der Waals surface area contributed by atoms with E-state index in [1.807, 2.05) is 0 Å². The number of aliphatic hydroxyl groups is 9. The van der Waals surface area contributed by atoms with Gasteiger partial charge in [0.05, 0.1) is 51.2 Å². The lowest BCUT2D eigenvalue weighted by Gasteiger charge is -2.49. The van der Waals surface area contributed by atoms with Crippen molar-refractivity contribution in [1.82, 2.24) is 10.6 Å². The molecular weight excluding hydrogens is 732 g/mol. The summed E-state index contributed by atoms with van der Waals surface area (Å²) in [4.78, 5) is 35.7. The standard InChI is InChI=1S/C32H48N2O20/c1-12(38)7-33-19-23(43)25(16(10-37)51-30(19)49-11-13-5-3-2-4-6-13)52-31-24(44)27(21(41)15(9-36)50-31)54-29-17(28(45)46)22(42)18(34-32(47)48)26(53-29)20(40)14(39)8-35/h2-6,14-27,29-31,33-37,39-44H,7-11H2,1H3,(H,45,46)(H,47,48)/t14-,15+,16+,17-,18?,19+,20-,21-,22-,23+,24+,25+,26+,27-,29?,30?,31-/m0/s1. The van der Waals surface area contributed by atoms with Crippen LogP contribution < -0.4 is 10.6 Å². The lowest BCUT2D eigenvalue weighted by atomic mass is 9.85. The molecule has 0 bridgehead atoms. The van der Waals surface area contributed by atoms with E-state index in [4.69, 9.17) is 28.4 Å². The van der Waals surface area contributed by atoms with Gasteiger partial charge in [0.1, 0.15) is 72.7 Å². The molecule has 3 saturated heterocycles. The van der Waals surface area contributed by atoms with Crippen LogP contribution in [0.3, 0.4) is 0 Å². The fourth-order valence-electron chi connectivity index (χ4n) is 6.46. The Morgan fingerprint density at radius 2 is 1.41 bits per heavy atom. The molecule has 0 saturated carbocycles. The van der Waals surface area contributed by atoms with E-state index in [9.17, 15) is 70.6 Å². The number of amides is 1. The number of ketones is 1. The van der Waals surface area contributed by atoms with Crippen molar-refractivity contribution < 1.29 is 99.0 Å². The van der Waals surface area contributed by atoms with Gasteiger partial charge in [-0.25, -0.2) is 4.79 Å². The van der Waals surface area contributed by atoms with Crippen molar-refractivity contribution in [1.29, 1.82) is 0 Å². The Morgan fingerprint density at radius 3 is 1.98 bits per heavy atom. The number of rotatable bonds is 17. The number of aliphatic hydroxyl groups excluding tert-OH is 9. The van der Waals surface area contributed by atoms with Gasteiger partial charge in [-0.15, -0.1) is 0 Å². The second-order valence-electron chi connectivity index (χ2n) is 13.1. The number of carbonyl (C=O) groups excluding carboxylic acids is 1. The van der Waals surface area contributed by atoms with E-state index >= 15 is 0 Å². The zero-order valence-corrected chi connectivity index (χ0v) is 28.8. The van der Waals surface area contributed by atoms with Gasteiger partial charge in [-0.2, -0.15) is 0 Å². The minimum Gasteiger partial charge on any atom is -0.481 e. The topological polar surface area (TPSA) is 353 Å². The van der Waals surface area contributed by atoms with Crippen molar-refractivity contribution in [3.63, 3.8) is 0 Å². The number of ether oxygens (including phenoxy) is 6. The van der Waals surface area contributed by atoms with Crippen LogP contribution in [-0.4, -0.2) is 198 Å². The number of Topliss-reactive ketones (excluding diaryl/α,β-unsaturated/α-hetero) is 1. The normalized spacial score (nSPS) is 38.3. The summed E-state index contributed by atoms with van der Waals surface area (Å²) in [5.41, 5.74) is 0.733. The Kier molecular flexibility index (Phi) is 16.0. The zero-order chi connectivity index (χ0) is 39.9. The first-order valence-corrected chi connectivity index (χ1v) is 16.9. The summed E-state index contributed by atoms with van der Waals surface area (Å²) in [6.07, 6.45) is -27.9. The molecule has 4 rings (SSSR count). The molecule has 22 nitrogen and oxygen atoms in total. The fourth-order valence-corrected chi connectivity index (χ4v) is 6.46.